The van der Waals surface area contributed by atoms with Gasteiger partial charge in [0.15, 0.2) is 0 Å². The molecule has 7 heteroatoms. The lowest BCUT2D eigenvalue weighted by Gasteiger charge is -2.22. The number of anilines is 1. The smallest absolute Gasteiger partial charge is 0.237 e. The molecule has 0 unspecified atom stereocenters. The number of benzene rings is 1. The minimum Gasteiger partial charge on any atom is -0.311 e. The molecule has 0 N–H and O–H groups in total. The van der Waals surface area contributed by atoms with Crippen LogP contribution in [0.1, 0.15) is 23.8 Å². The second-order valence-electron chi connectivity index (χ2n) is 6.66. The maximum absolute atomic E-state index is 13.1. The predicted octanol–water partition coefficient (Wildman–Crippen LogP) is 5.32. The van der Waals surface area contributed by atoms with Crippen LogP contribution >= 0.6 is 34.9 Å². The second kappa shape index (κ2) is 7.81. The summed E-state index contributed by atoms with van der Waals surface area (Å²) in [6, 6.07) is 8.22. The Morgan fingerprint density at radius 1 is 1.30 bits per heavy atom. The molecule has 0 bridgehead atoms. The summed E-state index contributed by atoms with van der Waals surface area (Å²) in [5.41, 5.74) is 2.25. The largest absolute Gasteiger partial charge is 0.311 e. The van der Waals surface area contributed by atoms with Gasteiger partial charge in [0.05, 0.1) is 11.4 Å². The number of aryl methyl sites for hydroxylation is 2. The van der Waals surface area contributed by atoms with Gasteiger partial charge in [-0.1, -0.05) is 30.8 Å². The van der Waals surface area contributed by atoms with Crippen LogP contribution in [0.3, 0.4) is 0 Å². The SMILES string of the molecule is Cc1sc2ncnc(SCC(=O)N3CC[C@H](C)Sc4ccccc43)c2c1C. The van der Waals surface area contributed by atoms with Crippen LogP contribution < -0.4 is 4.90 Å². The molecular weight excluding hydrogens is 394 g/mol. The maximum atomic E-state index is 13.1. The summed E-state index contributed by atoms with van der Waals surface area (Å²) in [7, 11) is 0. The topological polar surface area (TPSA) is 46.1 Å². The number of amides is 1. The van der Waals surface area contributed by atoms with E-state index in [2.05, 4.69) is 42.9 Å². The van der Waals surface area contributed by atoms with Crippen LogP contribution in [0.2, 0.25) is 0 Å². The molecule has 3 aromatic rings. The van der Waals surface area contributed by atoms with Crippen molar-refractivity contribution in [1.82, 2.24) is 9.97 Å². The van der Waals surface area contributed by atoms with Gasteiger partial charge in [0.25, 0.3) is 0 Å². The van der Waals surface area contributed by atoms with Crippen molar-refractivity contribution < 1.29 is 4.79 Å². The molecule has 4 rings (SSSR count). The van der Waals surface area contributed by atoms with Crippen LogP contribution in [0.5, 0.6) is 0 Å². The molecule has 0 radical (unpaired) electrons. The number of carbonyl (C=O) groups excluding carboxylic acids is 1. The highest BCUT2D eigenvalue weighted by molar-refractivity contribution is 8.00. The summed E-state index contributed by atoms with van der Waals surface area (Å²) in [6.45, 7) is 7.20. The Morgan fingerprint density at radius 3 is 2.96 bits per heavy atom. The molecule has 1 aliphatic heterocycles. The van der Waals surface area contributed by atoms with E-state index in [1.807, 2.05) is 28.8 Å². The summed E-state index contributed by atoms with van der Waals surface area (Å²) >= 11 is 5.06. The van der Waals surface area contributed by atoms with Gasteiger partial charge in [-0.2, -0.15) is 0 Å². The first kappa shape index (κ1) is 18.8. The molecule has 4 nitrogen and oxygen atoms in total. The van der Waals surface area contributed by atoms with Crippen molar-refractivity contribution in [2.24, 2.45) is 0 Å². The van der Waals surface area contributed by atoms with Gasteiger partial charge < -0.3 is 4.90 Å². The normalized spacial score (nSPS) is 17.0. The van der Waals surface area contributed by atoms with E-state index >= 15 is 0 Å². The van der Waals surface area contributed by atoms with Crippen molar-refractivity contribution in [2.45, 2.75) is 42.4 Å². The Kier molecular flexibility index (Phi) is 5.43. The van der Waals surface area contributed by atoms with Crippen LogP contribution in [-0.4, -0.2) is 33.4 Å². The molecule has 1 amide bonds. The quantitative estimate of drug-likeness (QED) is 0.428. The highest BCUT2D eigenvalue weighted by atomic mass is 32.2. The predicted molar refractivity (Wildman–Crippen MR) is 116 cm³/mol. The van der Waals surface area contributed by atoms with Crippen molar-refractivity contribution in [1.29, 1.82) is 0 Å². The Bertz CT molecular complexity index is 1000. The van der Waals surface area contributed by atoms with Gasteiger partial charge in [0.1, 0.15) is 16.2 Å². The summed E-state index contributed by atoms with van der Waals surface area (Å²) in [6.07, 6.45) is 2.60. The van der Waals surface area contributed by atoms with E-state index in [9.17, 15) is 4.79 Å². The van der Waals surface area contributed by atoms with E-state index in [0.29, 0.717) is 11.0 Å². The lowest BCUT2D eigenvalue weighted by atomic mass is 10.2. The highest BCUT2D eigenvalue weighted by Gasteiger charge is 2.24. The molecule has 2 aromatic heterocycles. The van der Waals surface area contributed by atoms with Gasteiger partial charge in [-0.3, -0.25) is 4.79 Å². The molecule has 1 aromatic carbocycles. The number of thiophene rings is 1. The van der Waals surface area contributed by atoms with Crippen molar-refractivity contribution in [3.8, 4) is 0 Å². The Labute approximate surface area is 171 Å². The first-order chi connectivity index (χ1) is 13.0. The van der Waals surface area contributed by atoms with E-state index < -0.39 is 0 Å². The third-order valence-electron chi connectivity index (χ3n) is 4.81. The van der Waals surface area contributed by atoms with E-state index in [0.717, 1.165) is 33.9 Å². The number of hydrogen-bond acceptors (Lipinski definition) is 6. The third kappa shape index (κ3) is 3.73. The molecule has 1 atom stereocenters. The average molecular weight is 416 g/mol. The molecular formula is C20H21N3OS3. The van der Waals surface area contributed by atoms with Gasteiger partial charge in [0.2, 0.25) is 5.91 Å². The fourth-order valence-electron chi connectivity index (χ4n) is 3.21. The zero-order valence-electron chi connectivity index (χ0n) is 15.6. The molecule has 27 heavy (non-hydrogen) atoms. The lowest BCUT2D eigenvalue weighted by Crippen LogP contribution is -2.33. The van der Waals surface area contributed by atoms with E-state index in [-0.39, 0.29) is 5.91 Å². The summed E-state index contributed by atoms with van der Waals surface area (Å²) in [4.78, 5) is 27.3. The van der Waals surface area contributed by atoms with Crippen LogP contribution in [0.15, 0.2) is 40.5 Å². The zero-order chi connectivity index (χ0) is 19.0. The number of para-hydroxylation sites is 1. The Balaban J connectivity index is 1.57. The van der Waals surface area contributed by atoms with E-state index in [1.165, 1.54) is 27.1 Å². The lowest BCUT2D eigenvalue weighted by molar-refractivity contribution is -0.116. The fourth-order valence-corrected chi connectivity index (χ4v) is 6.32. The molecule has 3 heterocycles. The first-order valence-electron chi connectivity index (χ1n) is 8.94. The molecule has 140 valence electrons. The van der Waals surface area contributed by atoms with Crippen LogP contribution in [-0.2, 0) is 4.79 Å². The average Bonchev–Trinajstić information content (AvgIpc) is 2.85. The standard InChI is InChI=1S/C20H21N3OS3/c1-12-8-9-23(15-6-4-5-7-16(15)26-12)17(24)10-25-19-18-13(2)14(3)27-20(18)22-11-21-19/h4-7,11-12H,8-10H2,1-3H3/t12-/m0/s1. The minimum absolute atomic E-state index is 0.138. The van der Waals surface area contributed by atoms with Crippen molar-refractivity contribution >= 4 is 56.7 Å². The Morgan fingerprint density at radius 2 is 2.11 bits per heavy atom. The number of carbonyl (C=O) groups is 1. The first-order valence-corrected chi connectivity index (χ1v) is 11.6. The molecule has 0 fully saturated rings. The van der Waals surface area contributed by atoms with Gasteiger partial charge in [-0.15, -0.1) is 23.1 Å². The second-order valence-corrected chi connectivity index (χ2v) is 10.3. The van der Waals surface area contributed by atoms with Gasteiger partial charge >= 0.3 is 0 Å². The third-order valence-corrected chi connectivity index (χ3v) is 8.13. The minimum atomic E-state index is 0.138. The molecule has 1 aliphatic rings. The monoisotopic (exact) mass is 415 g/mol. The van der Waals surface area contributed by atoms with Crippen molar-refractivity contribution in [2.75, 3.05) is 17.2 Å². The zero-order valence-corrected chi connectivity index (χ0v) is 18.0. The van der Waals surface area contributed by atoms with Crippen LogP contribution in [0.25, 0.3) is 10.2 Å². The summed E-state index contributed by atoms with van der Waals surface area (Å²) in [5.74, 6) is 0.520. The fraction of sp³-hybridized carbons (Fsp3) is 0.350. The Hall–Kier alpha value is -1.57. The molecule has 0 saturated heterocycles. The summed E-state index contributed by atoms with van der Waals surface area (Å²) in [5, 5.41) is 2.51. The molecule has 0 spiro atoms. The summed E-state index contributed by atoms with van der Waals surface area (Å²) < 4.78 is 0. The maximum Gasteiger partial charge on any atom is 0.237 e. The highest BCUT2D eigenvalue weighted by Crippen LogP contribution is 2.38. The number of fused-ring (bicyclic) bond motifs is 2. The van der Waals surface area contributed by atoms with Crippen LogP contribution in [0.4, 0.5) is 5.69 Å². The van der Waals surface area contributed by atoms with Crippen molar-refractivity contribution in [3.63, 3.8) is 0 Å². The van der Waals surface area contributed by atoms with Gasteiger partial charge in [0, 0.05) is 27.0 Å². The number of aromatic nitrogens is 2. The van der Waals surface area contributed by atoms with E-state index in [1.54, 1.807) is 17.7 Å². The van der Waals surface area contributed by atoms with Crippen LogP contribution in [0, 0.1) is 13.8 Å². The number of rotatable bonds is 3. The van der Waals surface area contributed by atoms with Gasteiger partial charge in [-0.05, 0) is 38.0 Å². The molecule has 0 saturated carbocycles. The van der Waals surface area contributed by atoms with Crippen molar-refractivity contribution in [3.05, 3.63) is 41.0 Å². The number of hydrogen-bond donors (Lipinski definition) is 0. The van der Waals surface area contributed by atoms with Gasteiger partial charge in [-0.25, -0.2) is 9.97 Å². The number of nitrogens with zero attached hydrogens (tertiary/aromatic N) is 3. The van der Waals surface area contributed by atoms with E-state index in [4.69, 9.17) is 0 Å². The molecule has 0 aliphatic carbocycles. The number of thioether (sulfide) groups is 2.